The van der Waals surface area contributed by atoms with Crippen LogP contribution in [0.15, 0.2) is 18.2 Å². The lowest BCUT2D eigenvalue weighted by Crippen LogP contribution is -2.35. The molecule has 5 heteroatoms. The molecule has 0 atom stereocenters. The monoisotopic (exact) mass is 291 g/mol. The highest BCUT2D eigenvalue weighted by molar-refractivity contribution is 6.02. The van der Waals surface area contributed by atoms with Crippen molar-refractivity contribution in [1.29, 1.82) is 0 Å². The molecule has 0 aromatic heterocycles. The third kappa shape index (κ3) is 4.11. The molecule has 0 saturated heterocycles. The molecule has 116 valence electrons. The van der Waals surface area contributed by atoms with E-state index in [0.29, 0.717) is 18.7 Å². The van der Waals surface area contributed by atoms with Crippen molar-refractivity contribution in [1.82, 2.24) is 5.32 Å². The normalized spacial score (nSPS) is 13.9. The number of para-hydroxylation sites is 1. The molecule has 0 bridgehead atoms. The molecule has 21 heavy (non-hydrogen) atoms. The van der Waals surface area contributed by atoms with Crippen molar-refractivity contribution in [2.45, 2.75) is 20.3 Å². The van der Waals surface area contributed by atoms with Crippen LogP contribution in [0.3, 0.4) is 0 Å². The lowest BCUT2D eigenvalue weighted by Gasteiger charge is -2.26. The second-order valence-corrected chi connectivity index (χ2v) is 6.17. The van der Waals surface area contributed by atoms with Crippen LogP contribution >= 0.6 is 0 Å². The number of methoxy groups -OCH3 is 1. The summed E-state index contributed by atoms with van der Waals surface area (Å²) in [6, 6.07) is 5.75. The van der Waals surface area contributed by atoms with Crippen LogP contribution in [0.25, 0.3) is 0 Å². The van der Waals surface area contributed by atoms with Crippen molar-refractivity contribution in [3.63, 3.8) is 0 Å². The summed E-state index contributed by atoms with van der Waals surface area (Å²) >= 11 is 0. The number of carbonyl (C=O) groups is 1. The minimum Gasteiger partial charge on any atom is -0.385 e. The van der Waals surface area contributed by atoms with E-state index in [2.05, 4.69) is 29.8 Å². The molecule has 1 aliphatic rings. The average Bonchev–Trinajstić information content (AvgIpc) is 2.50. The minimum atomic E-state index is -0.0338. The van der Waals surface area contributed by atoms with Crippen LogP contribution in [0.2, 0.25) is 0 Å². The molecule has 3 N–H and O–H groups in total. The number of hydrogen-bond acceptors (Lipinski definition) is 4. The molecule has 0 unspecified atom stereocenters. The van der Waals surface area contributed by atoms with E-state index in [4.69, 9.17) is 4.74 Å². The van der Waals surface area contributed by atoms with Crippen molar-refractivity contribution in [2.24, 2.45) is 5.41 Å². The molecule has 2 rings (SSSR count). The van der Waals surface area contributed by atoms with Crippen LogP contribution in [0.5, 0.6) is 0 Å². The SMILES string of the molecule is COCCC(C)(C)CNC(=O)c1cccc2c1NCCN2. The van der Waals surface area contributed by atoms with E-state index in [-0.39, 0.29) is 11.3 Å². The third-order valence-electron chi connectivity index (χ3n) is 3.76. The summed E-state index contributed by atoms with van der Waals surface area (Å²) in [6.07, 6.45) is 0.913. The molecule has 0 aliphatic carbocycles. The van der Waals surface area contributed by atoms with Crippen LogP contribution in [0.1, 0.15) is 30.6 Å². The fourth-order valence-corrected chi connectivity index (χ4v) is 2.35. The van der Waals surface area contributed by atoms with Crippen LogP contribution in [0, 0.1) is 5.41 Å². The van der Waals surface area contributed by atoms with Gasteiger partial charge in [-0.25, -0.2) is 0 Å². The number of nitrogens with one attached hydrogen (secondary N) is 3. The minimum absolute atomic E-state index is 0.0200. The molecule has 0 spiro atoms. The van der Waals surface area contributed by atoms with Crippen molar-refractivity contribution in [3.8, 4) is 0 Å². The predicted octanol–water partition coefficient (Wildman–Crippen LogP) is 2.32. The number of amides is 1. The largest absolute Gasteiger partial charge is 0.385 e. The standard InChI is InChI=1S/C16H25N3O2/c1-16(2,7-10-21-3)11-19-15(20)12-5-4-6-13-14(12)18-9-8-17-13/h4-6,17-18H,7-11H2,1-3H3,(H,19,20). The summed E-state index contributed by atoms with van der Waals surface area (Å²) in [5, 5.41) is 9.64. The Morgan fingerprint density at radius 3 is 2.86 bits per heavy atom. The first-order valence-corrected chi connectivity index (χ1v) is 7.41. The van der Waals surface area contributed by atoms with Gasteiger partial charge in [0, 0.05) is 33.4 Å². The van der Waals surface area contributed by atoms with Crippen LogP contribution in [-0.4, -0.2) is 39.3 Å². The lowest BCUT2D eigenvalue weighted by molar-refractivity contribution is 0.0921. The summed E-state index contributed by atoms with van der Waals surface area (Å²) < 4.78 is 5.11. The Bertz CT molecular complexity index is 500. The molecule has 1 aromatic carbocycles. The molecule has 1 aromatic rings. The van der Waals surface area contributed by atoms with Crippen molar-refractivity contribution in [3.05, 3.63) is 23.8 Å². The van der Waals surface area contributed by atoms with E-state index in [1.165, 1.54) is 0 Å². The Labute approximate surface area is 126 Å². The Morgan fingerprint density at radius 2 is 2.10 bits per heavy atom. The number of benzene rings is 1. The van der Waals surface area contributed by atoms with Gasteiger partial charge >= 0.3 is 0 Å². The summed E-state index contributed by atoms with van der Waals surface area (Å²) in [7, 11) is 1.70. The van der Waals surface area contributed by atoms with E-state index in [0.717, 1.165) is 30.9 Å². The molecular weight excluding hydrogens is 266 g/mol. The average molecular weight is 291 g/mol. The van der Waals surface area contributed by atoms with Gasteiger partial charge in [-0.2, -0.15) is 0 Å². The van der Waals surface area contributed by atoms with Crippen molar-refractivity contribution in [2.75, 3.05) is 44.0 Å². The first-order valence-electron chi connectivity index (χ1n) is 7.41. The zero-order valence-corrected chi connectivity index (χ0v) is 13.1. The summed E-state index contributed by atoms with van der Waals surface area (Å²) in [5.41, 5.74) is 2.61. The second-order valence-electron chi connectivity index (χ2n) is 6.17. The Hall–Kier alpha value is -1.75. The number of ether oxygens (including phenoxy) is 1. The van der Waals surface area contributed by atoms with Gasteiger partial charge in [-0.1, -0.05) is 19.9 Å². The van der Waals surface area contributed by atoms with Gasteiger partial charge in [0.1, 0.15) is 0 Å². The summed E-state index contributed by atoms with van der Waals surface area (Å²) in [6.45, 7) is 7.30. The zero-order valence-electron chi connectivity index (χ0n) is 13.1. The highest BCUT2D eigenvalue weighted by Crippen LogP contribution is 2.28. The molecular formula is C16H25N3O2. The maximum atomic E-state index is 12.4. The van der Waals surface area contributed by atoms with Crippen molar-refractivity contribution >= 4 is 17.3 Å². The van der Waals surface area contributed by atoms with Crippen LogP contribution < -0.4 is 16.0 Å². The fraction of sp³-hybridized carbons (Fsp3) is 0.562. The first-order chi connectivity index (χ1) is 10.0. The molecule has 5 nitrogen and oxygen atoms in total. The molecule has 1 heterocycles. The van der Waals surface area contributed by atoms with Gasteiger partial charge in [-0.15, -0.1) is 0 Å². The number of rotatable bonds is 6. The first kappa shape index (κ1) is 15.6. The Balaban J connectivity index is 2.01. The van der Waals surface area contributed by atoms with Gasteiger partial charge in [-0.3, -0.25) is 4.79 Å². The Morgan fingerprint density at radius 1 is 1.33 bits per heavy atom. The smallest absolute Gasteiger partial charge is 0.253 e. The predicted molar refractivity (Wildman–Crippen MR) is 86.0 cm³/mol. The van der Waals surface area contributed by atoms with Gasteiger partial charge in [-0.05, 0) is 24.0 Å². The van der Waals surface area contributed by atoms with Gasteiger partial charge in [0.25, 0.3) is 5.91 Å². The van der Waals surface area contributed by atoms with E-state index in [9.17, 15) is 4.79 Å². The molecule has 1 aliphatic heterocycles. The molecule has 1 amide bonds. The quantitative estimate of drug-likeness (QED) is 0.752. The van der Waals surface area contributed by atoms with Gasteiger partial charge in [0.05, 0.1) is 16.9 Å². The number of carbonyl (C=O) groups excluding carboxylic acids is 1. The molecule has 0 saturated carbocycles. The fourth-order valence-electron chi connectivity index (χ4n) is 2.35. The zero-order chi connectivity index (χ0) is 15.3. The summed E-state index contributed by atoms with van der Waals surface area (Å²) in [4.78, 5) is 12.4. The molecule has 0 radical (unpaired) electrons. The van der Waals surface area contributed by atoms with Gasteiger partial charge in [0.2, 0.25) is 0 Å². The van der Waals surface area contributed by atoms with E-state index < -0.39 is 0 Å². The maximum absolute atomic E-state index is 12.4. The van der Waals surface area contributed by atoms with Gasteiger partial charge < -0.3 is 20.7 Å². The second kappa shape index (κ2) is 6.80. The van der Waals surface area contributed by atoms with Crippen molar-refractivity contribution < 1.29 is 9.53 Å². The number of anilines is 2. The van der Waals surface area contributed by atoms with Crippen LogP contribution in [-0.2, 0) is 4.74 Å². The van der Waals surface area contributed by atoms with E-state index in [1.807, 2.05) is 18.2 Å². The summed E-state index contributed by atoms with van der Waals surface area (Å²) in [5.74, 6) is -0.0338. The highest BCUT2D eigenvalue weighted by atomic mass is 16.5. The topological polar surface area (TPSA) is 62.4 Å². The Kier molecular flexibility index (Phi) is 5.07. The number of hydrogen-bond donors (Lipinski definition) is 3. The lowest BCUT2D eigenvalue weighted by atomic mass is 9.89. The van der Waals surface area contributed by atoms with Crippen LogP contribution in [0.4, 0.5) is 11.4 Å². The van der Waals surface area contributed by atoms with Gasteiger partial charge in [0.15, 0.2) is 0 Å². The highest BCUT2D eigenvalue weighted by Gasteiger charge is 2.21. The number of fused-ring (bicyclic) bond motifs is 1. The van der Waals surface area contributed by atoms with E-state index >= 15 is 0 Å². The van der Waals surface area contributed by atoms with E-state index in [1.54, 1.807) is 7.11 Å². The maximum Gasteiger partial charge on any atom is 0.253 e. The molecule has 0 fully saturated rings. The third-order valence-corrected chi connectivity index (χ3v) is 3.76.